The molecule has 5 nitrogen and oxygen atoms in total. The summed E-state index contributed by atoms with van der Waals surface area (Å²) in [4.78, 5) is 27.5. The van der Waals surface area contributed by atoms with Crippen LogP contribution in [0.5, 0.6) is 0 Å². The van der Waals surface area contributed by atoms with E-state index in [1.807, 2.05) is 109 Å². The van der Waals surface area contributed by atoms with Crippen LogP contribution in [0.15, 0.2) is 182 Å². The molecule has 0 heterocycles. The van der Waals surface area contributed by atoms with E-state index in [9.17, 15) is 9.59 Å². The smallest absolute Gasteiger partial charge is 0.243 e. The molecule has 0 aromatic heterocycles. The summed E-state index contributed by atoms with van der Waals surface area (Å²) in [5.74, 6) is -0.0583. The number of hydrogen-bond donors (Lipinski definition) is 3. The second-order valence-corrected chi connectivity index (χ2v) is 14.9. The molecule has 0 fully saturated rings. The molecule has 0 saturated heterocycles. The van der Waals surface area contributed by atoms with Gasteiger partial charge in [0.2, 0.25) is 11.8 Å². The molecule has 2 unspecified atom stereocenters. The minimum absolute atomic E-state index is 0.281. The van der Waals surface area contributed by atoms with Crippen LogP contribution in [0.3, 0.4) is 0 Å². The summed E-state index contributed by atoms with van der Waals surface area (Å²) in [6, 6.07) is 60.2. The van der Waals surface area contributed by atoms with E-state index in [-0.39, 0.29) is 11.8 Å². The van der Waals surface area contributed by atoms with Gasteiger partial charge in [0, 0.05) is 18.6 Å². The van der Waals surface area contributed by atoms with Gasteiger partial charge in [-0.05, 0) is 33.4 Å². The highest BCUT2D eigenvalue weighted by Crippen LogP contribution is 2.50. The average Bonchev–Trinajstić information content (AvgIpc) is 3.22. The quantitative estimate of drug-likeness (QED) is 0.0937. The minimum atomic E-state index is -0.889. The van der Waals surface area contributed by atoms with Crippen LogP contribution in [0.1, 0.15) is 33.4 Å². The zero-order chi connectivity index (χ0) is 36.2. The lowest BCUT2D eigenvalue weighted by Gasteiger charge is -2.37. The van der Waals surface area contributed by atoms with Gasteiger partial charge in [0.05, 0.1) is 15.5 Å². The number of nitrogens with one attached hydrogen (secondary N) is 2. The summed E-state index contributed by atoms with van der Waals surface area (Å²) in [5, 5.41) is 5.81. The fourth-order valence-electron chi connectivity index (χ4n) is 6.67. The molecule has 6 aromatic carbocycles. The van der Waals surface area contributed by atoms with Crippen LogP contribution >= 0.6 is 23.5 Å². The van der Waals surface area contributed by atoms with E-state index < -0.39 is 21.6 Å². The Bertz CT molecular complexity index is 1810. The Morgan fingerprint density at radius 1 is 0.481 bits per heavy atom. The van der Waals surface area contributed by atoms with Gasteiger partial charge in [-0.1, -0.05) is 182 Å². The van der Waals surface area contributed by atoms with Gasteiger partial charge in [0.25, 0.3) is 0 Å². The van der Waals surface area contributed by atoms with Gasteiger partial charge in [-0.15, -0.1) is 23.5 Å². The van der Waals surface area contributed by atoms with Gasteiger partial charge in [-0.25, -0.2) is 0 Å². The van der Waals surface area contributed by atoms with Gasteiger partial charge < -0.3 is 16.4 Å². The minimum Gasteiger partial charge on any atom is -0.357 e. The second kappa shape index (κ2) is 17.4. The molecule has 2 atom stereocenters. The molecule has 6 aromatic rings. The first-order chi connectivity index (χ1) is 25.5. The predicted molar refractivity (Wildman–Crippen MR) is 217 cm³/mol. The fraction of sp³-hybridized carbons (Fsp3) is 0.156. The lowest BCUT2D eigenvalue weighted by Crippen LogP contribution is -2.53. The number of nitrogens with two attached hydrogens (primary N) is 1. The largest absolute Gasteiger partial charge is 0.357 e. The molecule has 0 aliphatic rings. The molecule has 0 radical (unpaired) electrons. The molecular formula is C45H43N3O2S2. The van der Waals surface area contributed by atoms with Crippen LogP contribution < -0.4 is 16.4 Å². The lowest BCUT2D eigenvalue weighted by atomic mass is 9.84. The maximum Gasteiger partial charge on any atom is 0.243 e. The average molecular weight is 722 g/mol. The van der Waals surface area contributed by atoms with Gasteiger partial charge in [-0.2, -0.15) is 0 Å². The summed E-state index contributed by atoms with van der Waals surface area (Å²) < 4.78 is -1.28. The number of benzene rings is 6. The van der Waals surface area contributed by atoms with Crippen molar-refractivity contribution in [1.82, 2.24) is 10.6 Å². The molecule has 0 bridgehead atoms. The summed E-state index contributed by atoms with van der Waals surface area (Å²) in [6.45, 7) is 0. The first-order valence-corrected chi connectivity index (χ1v) is 19.3. The molecule has 0 aliphatic heterocycles. The monoisotopic (exact) mass is 721 g/mol. The maximum absolute atomic E-state index is 14.0. The van der Waals surface area contributed by atoms with Crippen LogP contribution in [0.2, 0.25) is 0 Å². The highest BCUT2D eigenvalue weighted by molar-refractivity contribution is 8.01. The highest BCUT2D eigenvalue weighted by atomic mass is 32.2. The third kappa shape index (κ3) is 7.87. The Kier molecular flexibility index (Phi) is 12.3. The first kappa shape index (κ1) is 36.7. The van der Waals surface area contributed by atoms with Gasteiger partial charge >= 0.3 is 0 Å². The van der Waals surface area contributed by atoms with Gasteiger partial charge in [-0.3, -0.25) is 9.59 Å². The van der Waals surface area contributed by atoms with Crippen molar-refractivity contribution < 1.29 is 9.59 Å². The number of carbonyl (C=O) groups is 2. The summed E-state index contributed by atoms with van der Waals surface area (Å²) in [7, 11) is 1.59. The maximum atomic E-state index is 14.0. The number of amides is 2. The van der Waals surface area contributed by atoms with E-state index in [1.165, 1.54) is 0 Å². The molecule has 0 aliphatic carbocycles. The molecule has 4 N–H and O–H groups in total. The second-order valence-electron chi connectivity index (χ2n) is 12.5. The molecule has 2 amide bonds. The molecule has 7 heteroatoms. The highest BCUT2D eigenvalue weighted by Gasteiger charge is 2.40. The van der Waals surface area contributed by atoms with Gasteiger partial charge in [0.15, 0.2) is 0 Å². The molecule has 0 saturated carbocycles. The van der Waals surface area contributed by atoms with Gasteiger partial charge in [0.1, 0.15) is 6.04 Å². The Balaban J connectivity index is 1.29. The normalized spacial score (nSPS) is 12.7. The molecule has 6 rings (SSSR count). The van der Waals surface area contributed by atoms with Crippen molar-refractivity contribution in [1.29, 1.82) is 0 Å². The third-order valence-corrected chi connectivity index (χ3v) is 12.5. The predicted octanol–water partition coefficient (Wildman–Crippen LogP) is 8.00. The van der Waals surface area contributed by atoms with Crippen molar-refractivity contribution in [2.45, 2.75) is 21.6 Å². The Labute approximate surface area is 315 Å². The van der Waals surface area contributed by atoms with Crippen molar-refractivity contribution in [3.8, 4) is 0 Å². The van der Waals surface area contributed by atoms with Crippen molar-refractivity contribution in [3.63, 3.8) is 0 Å². The van der Waals surface area contributed by atoms with Crippen LogP contribution in [-0.2, 0) is 19.1 Å². The van der Waals surface area contributed by atoms with Crippen molar-refractivity contribution in [3.05, 3.63) is 215 Å². The number of thioether (sulfide) groups is 2. The van der Waals surface area contributed by atoms with Crippen LogP contribution in [0, 0.1) is 0 Å². The molecular weight excluding hydrogens is 679 g/mol. The van der Waals surface area contributed by atoms with E-state index in [1.54, 1.807) is 30.6 Å². The Morgan fingerprint density at radius 3 is 1.02 bits per heavy atom. The van der Waals surface area contributed by atoms with Crippen LogP contribution in [0.25, 0.3) is 0 Å². The van der Waals surface area contributed by atoms with Crippen LogP contribution in [-0.4, -0.2) is 42.5 Å². The summed E-state index contributed by atoms with van der Waals surface area (Å²) in [5.41, 5.74) is 13.2. The van der Waals surface area contributed by atoms with E-state index in [0.29, 0.717) is 11.5 Å². The zero-order valence-electron chi connectivity index (χ0n) is 29.1. The van der Waals surface area contributed by atoms with E-state index in [4.69, 9.17) is 5.73 Å². The topological polar surface area (TPSA) is 84.2 Å². The number of carbonyl (C=O) groups excluding carboxylic acids is 2. The third-order valence-electron chi connectivity index (χ3n) is 9.24. The van der Waals surface area contributed by atoms with Crippen LogP contribution in [0.4, 0.5) is 0 Å². The number of likely N-dealkylation sites (N-methyl/N-ethyl adjacent to an activating group) is 1. The van der Waals surface area contributed by atoms with Crippen molar-refractivity contribution in [2.24, 2.45) is 5.73 Å². The summed E-state index contributed by atoms with van der Waals surface area (Å²) in [6.07, 6.45) is 0. The molecule has 52 heavy (non-hydrogen) atoms. The number of hydrogen-bond acceptors (Lipinski definition) is 5. The summed E-state index contributed by atoms with van der Waals surface area (Å²) >= 11 is 3.25. The Morgan fingerprint density at radius 2 is 0.750 bits per heavy atom. The standard InChI is InChI=1S/C45H43N3O2S2/c1-47-43(50)41(33-52-45(37-26-14-5-15-27-37,38-28-16-6-17-29-38)39-30-18-7-19-31-39)48-42(49)40(46)32-51-44(34-20-8-2-9-21-34,35-22-10-3-11-23-35)36-24-12-4-13-25-36/h2-31,40-41H,32-33,46H2,1H3,(H,47,50)(H,48,49). The molecule has 0 spiro atoms. The van der Waals surface area contributed by atoms with E-state index in [0.717, 1.165) is 33.4 Å². The zero-order valence-corrected chi connectivity index (χ0v) is 30.7. The van der Waals surface area contributed by atoms with Crippen molar-refractivity contribution >= 4 is 35.3 Å². The SMILES string of the molecule is CNC(=O)C(CSC(c1ccccc1)(c1ccccc1)c1ccccc1)NC(=O)C(N)CSC(c1ccccc1)(c1ccccc1)c1ccccc1. The molecule has 262 valence electrons. The van der Waals surface area contributed by atoms with Crippen molar-refractivity contribution in [2.75, 3.05) is 18.6 Å². The first-order valence-electron chi connectivity index (χ1n) is 17.4. The fourth-order valence-corrected chi connectivity index (χ4v) is 9.72. The van der Waals surface area contributed by atoms with E-state index >= 15 is 0 Å². The van der Waals surface area contributed by atoms with E-state index in [2.05, 4.69) is 83.4 Å². The number of rotatable bonds is 15. The lowest BCUT2D eigenvalue weighted by molar-refractivity contribution is -0.128. The Hall–Kier alpha value is -5.08.